The molecular weight excluding hydrogens is 330 g/mol. The standard InChI is InChI=1S/C10H13BrF2N2O2S/c1-16-4-6-9(11)10(18)15-8(14-6)2-3-17-5-7(12)13/h7H,2-5H2,1H3,(H,14,15,18). The summed E-state index contributed by atoms with van der Waals surface area (Å²) in [6, 6.07) is 0. The molecule has 0 amide bonds. The fraction of sp³-hybridized carbons (Fsp3) is 0.600. The molecule has 0 aromatic carbocycles. The quantitative estimate of drug-likeness (QED) is 0.611. The first kappa shape index (κ1) is 15.6. The molecule has 8 heteroatoms. The lowest BCUT2D eigenvalue weighted by Crippen LogP contribution is -2.10. The molecule has 0 aliphatic heterocycles. The van der Waals surface area contributed by atoms with E-state index in [2.05, 4.69) is 25.9 Å². The Labute approximate surface area is 117 Å². The molecule has 0 saturated heterocycles. The molecule has 0 bridgehead atoms. The third-order valence-corrected chi connectivity index (χ3v) is 3.41. The number of methoxy groups -OCH3 is 1. The Morgan fingerprint density at radius 3 is 2.83 bits per heavy atom. The molecule has 102 valence electrons. The number of alkyl halides is 2. The van der Waals surface area contributed by atoms with E-state index in [0.717, 1.165) is 5.69 Å². The van der Waals surface area contributed by atoms with Gasteiger partial charge in [-0.3, -0.25) is 0 Å². The normalized spacial score (nSPS) is 11.2. The van der Waals surface area contributed by atoms with E-state index < -0.39 is 13.0 Å². The Kier molecular flexibility index (Phi) is 6.83. The summed E-state index contributed by atoms with van der Waals surface area (Å²) in [5, 5.41) is 0. The molecule has 1 heterocycles. The minimum atomic E-state index is -2.45. The maximum absolute atomic E-state index is 11.9. The zero-order valence-corrected chi connectivity index (χ0v) is 12.1. The third kappa shape index (κ3) is 5.05. The van der Waals surface area contributed by atoms with E-state index in [1.54, 1.807) is 7.11 Å². The number of aromatic amines is 1. The average molecular weight is 343 g/mol. The number of hydrogen-bond donors (Lipinski definition) is 1. The lowest BCUT2D eigenvalue weighted by molar-refractivity contribution is 0.0182. The molecule has 0 aliphatic carbocycles. The van der Waals surface area contributed by atoms with Gasteiger partial charge in [0, 0.05) is 13.5 Å². The van der Waals surface area contributed by atoms with Gasteiger partial charge < -0.3 is 14.5 Å². The first-order valence-electron chi connectivity index (χ1n) is 5.17. The molecule has 1 N–H and O–H groups in total. The minimum absolute atomic E-state index is 0.163. The molecule has 1 aromatic heterocycles. The van der Waals surface area contributed by atoms with Gasteiger partial charge in [-0.05, 0) is 15.9 Å². The second kappa shape index (κ2) is 7.88. The minimum Gasteiger partial charge on any atom is -0.378 e. The van der Waals surface area contributed by atoms with E-state index in [1.165, 1.54) is 0 Å². The van der Waals surface area contributed by atoms with Gasteiger partial charge in [0.25, 0.3) is 6.43 Å². The second-order valence-corrected chi connectivity index (χ2v) is 4.61. The van der Waals surface area contributed by atoms with E-state index in [1.807, 2.05) is 0 Å². The molecule has 1 aromatic rings. The third-order valence-electron chi connectivity index (χ3n) is 2.00. The molecule has 0 spiro atoms. The zero-order valence-electron chi connectivity index (χ0n) is 9.71. The zero-order chi connectivity index (χ0) is 13.5. The van der Waals surface area contributed by atoms with Gasteiger partial charge in [-0.25, -0.2) is 13.8 Å². The van der Waals surface area contributed by atoms with Crippen molar-refractivity contribution in [1.82, 2.24) is 9.97 Å². The SMILES string of the molecule is COCc1[nH]c(CCOCC(F)F)nc(=S)c1Br. The summed E-state index contributed by atoms with van der Waals surface area (Å²) in [6.45, 7) is -0.0451. The van der Waals surface area contributed by atoms with Crippen LogP contribution in [0.25, 0.3) is 0 Å². The fourth-order valence-electron chi connectivity index (χ4n) is 1.26. The van der Waals surface area contributed by atoms with Gasteiger partial charge in [0.2, 0.25) is 0 Å². The van der Waals surface area contributed by atoms with Crippen molar-refractivity contribution in [3.8, 4) is 0 Å². The number of nitrogens with one attached hydrogen (secondary N) is 1. The monoisotopic (exact) mass is 342 g/mol. The first-order chi connectivity index (χ1) is 8.54. The van der Waals surface area contributed by atoms with Crippen LogP contribution in [0.1, 0.15) is 11.5 Å². The van der Waals surface area contributed by atoms with Crippen LogP contribution in [0.2, 0.25) is 0 Å². The molecule has 0 aliphatic rings. The summed E-state index contributed by atoms with van der Waals surface area (Å²) in [7, 11) is 1.56. The Bertz CT molecular complexity index is 442. The number of halogens is 3. The van der Waals surface area contributed by atoms with E-state index in [-0.39, 0.29) is 6.61 Å². The number of hydrogen-bond acceptors (Lipinski definition) is 4. The predicted octanol–water partition coefficient (Wildman–Crippen LogP) is 2.87. The maximum atomic E-state index is 11.9. The van der Waals surface area contributed by atoms with Gasteiger partial charge in [-0.2, -0.15) is 0 Å². The summed E-state index contributed by atoms with van der Waals surface area (Å²) >= 11 is 8.38. The van der Waals surface area contributed by atoms with Crippen molar-refractivity contribution in [2.24, 2.45) is 0 Å². The number of rotatable bonds is 7. The van der Waals surface area contributed by atoms with E-state index >= 15 is 0 Å². The molecular formula is C10H13BrF2N2O2S. The Morgan fingerprint density at radius 1 is 1.50 bits per heavy atom. The van der Waals surface area contributed by atoms with Crippen LogP contribution in [0.15, 0.2) is 4.47 Å². The van der Waals surface area contributed by atoms with Gasteiger partial charge in [-0.1, -0.05) is 12.2 Å². The van der Waals surface area contributed by atoms with Crippen LogP contribution in [0.3, 0.4) is 0 Å². The molecule has 18 heavy (non-hydrogen) atoms. The van der Waals surface area contributed by atoms with Gasteiger partial charge in [0.15, 0.2) is 0 Å². The molecule has 0 fully saturated rings. The molecule has 1 rings (SSSR count). The lowest BCUT2D eigenvalue weighted by atomic mass is 10.3. The average Bonchev–Trinajstić information content (AvgIpc) is 2.31. The van der Waals surface area contributed by atoms with Crippen molar-refractivity contribution in [2.45, 2.75) is 19.5 Å². The summed E-state index contributed by atoms with van der Waals surface area (Å²) in [5.74, 6) is 0.588. The van der Waals surface area contributed by atoms with Crippen LogP contribution in [-0.4, -0.2) is 36.7 Å². The maximum Gasteiger partial charge on any atom is 0.261 e. The smallest absolute Gasteiger partial charge is 0.261 e. The molecule has 0 radical (unpaired) electrons. The highest BCUT2D eigenvalue weighted by Gasteiger charge is 2.07. The van der Waals surface area contributed by atoms with Crippen LogP contribution < -0.4 is 0 Å². The number of nitrogens with zero attached hydrogens (tertiary/aromatic N) is 1. The molecule has 0 unspecified atom stereocenters. The van der Waals surface area contributed by atoms with Gasteiger partial charge in [0.1, 0.15) is 17.1 Å². The van der Waals surface area contributed by atoms with Gasteiger partial charge in [0.05, 0.1) is 23.4 Å². The van der Waals surface area contributed by atoms with Crippen molar-refractivity contribution in [3.05, 3.63) is 20.6 Å². The van der Waals surface area contributed by atoms with E-state index in [4.69, 9.17) is 21.7 Å². The van der Waals surface area contributed by atoms with Crippen LogP contribution in [0, 0.1) is 4.64 Å². The second-order valence-electron chi connectivity index (χ2n) is 3.43. The highest BCUT2D eigenvalue weighted by molar-refractivity contribution is 9.10. The summed E-state index contributed by atoms with van der Waals surface area (Å²) < 4.78 is 34.6. The molecule has 0 saturated carbocycles. The van der Waals surface area contributed by atoms with Crippen molar-refractivity contribution in [2.75, 3.05) is 20.3 Å². The highest BCUT2D eigenvalue weighted by Crippen LogP contribution is 2.16. The summed E-state index contributed by atoms with van der Waals surface area (Å²) in [6.07, 6.45) is -2.06. The molecule has 0 atom stereocenters. The van der Waals surface area contributed by atoms with E-state index in [9.17, 15) is 8.78 Å². The number of aromatic nitrogens is 2. The summed E-state index contributed by atoms with van der Waals surface area (Å²) in [4.78, 5) is 7.15. The van der Waals surface area contributed by atoms with Crippen LogP contribution >= 0.6 is 28.1 Å². The Balaban J connectivity index is 2.63. The van der Waals surface area contributed by atoms with Crippen LogP contribution in [0.4, 0.5) is 8.78 Å². The number of ether oxygens (including phenoxy) is 2. The topological polar surface area (TPSA) is 47.1 Å². The predicted molar refractivity (Wildman–Crippen MR) is 68.4 cm³/mol. The van der Waals surface area contributed by atoms with Gasteiger partial charge >= 0.3 is 0 Å². The van der Waals surface area contributed by atoms with E-state index in [0.29, 0.717) is 28.0 Å². The number of H-pyrrole nitrogens is 1. The van der Waals surface area contributed by atoms with Crippen LogP contribution in [0.5, 0.6) is 0 Å². The van der Waals surface area contributed by atoms with Crippen molar-refractivity contribution in [3.63, 3.8) is 0 Å². The van der Waals surface area contributed by atoms with Crippen molar-refractivity contribution >= 4 is 28.1 Å². The Morgan fingerprint density at radius 2 is 2.22 bits per heavy atom. The largest absolute Gasteiger partial charge is 0.378 e. The fourth-order valence-corrected chi connectivity index (χ4v) is 1.80. The van der Waals surface area contributed by atoms with Gasteiger partial charge in [-0.15, -0.1) is 0 Å². The first-order valence-corrected chi connectivity index (χ1v) is 6.37. The Hall–Kier alpha value is -0.440. The van der Waals surface area contributed by atoms with Crippen molar-refractivity contribution < 1.29 is 18.3 Å². The highest BCUT2D eigenvalue weighted by atomic mass is 79.9. The summed E-state index contributed by atoms with van der Waals surface area (Å²) in [5.41, 5.74) is 0.765. The van der Waals surface area contributed by atoms with Crippen LogP contribution in [-0.2, 0) is 22.5 Å². The lowest BCUT2D eigenvalue weighted by Gasteiger charge is -2.08. The molecule has 4 nitrogen and oxygen atoms in total. The van der Waals surface area contributed by atoms with Crippen molar-refractivity contribution in [1.29, 1.82) is 0 Å².